The van der Waals surface area contributed by atoms with Crippen molar-refractivity contribution in [1.82, 2.24) is 15.3 Å². The quantitative estimate of drug-likeness (QED) is 0.750. The summed E-state index contributed by atoms with van der Waals surface area (Å²) in [4.78, 5) is 19.4. The van der Waals surface area contributed by atoms with Crippen molar-refractivity contribution in [2.45, 2.75) is 5.92 Å². The zero-order valence-electron chi connectivity index (χ0n) is 8.16. The second kappa shape index (κ2) is 4.12. The van der Waals surface area contributed by atoms with Crippen molar-refractivity contribution in [3.05, 3.63) is 22.7 Å². The van der Waals surface area contributed by atoms with Crippen LogP contribution >= 0.6 is 11.6 Å². The van der Waals surface area contributed by atoms with E-state index in [0.717, 1.165) is 18.8 Å². The van der Waals surface area contributed by atoms with Crippen LogP contribution in [-0.4, -0.2) is 36.1 Å². The van der Waals surface area contributed by atoms with Crippen molar-refractivity contribution < 1.29 is 9.53 Å². The third kappa shape index (κ3) is 1.93. The van der Waals surface area contributed by atoms with E-state index in [1.54, 1.807) is 6.20 Å². The molecule has 80 valence electrons. The summed E-state index contributed by atoms with van der Waals surface area (Å²) >= 11 is 5.75. The molecule has 2 heterocycles. The topological polar surface area (TPSA) is 64.1 Å². The number of nitrogens with one attached hydrogen (secondary N) is 1. The first kappa shape index (κ1) is 10.3. The van der Waals surface area contributed by atoms with Gasteiger partial charge in [-0.15, -0.1) is 0 Å². The van der Waals surface area contributed by atoms with Crippen molar-refractivity contribution in [2.24, 2.45) is 0 Å². The standard InChI is InChI=1S/C9H10ClN3O2/c1-15-9(14)7-8(10)12-4-6(13-7)5-2-11-3-5/h4-5,11H,2-3H2,1H3. The molecule has 0 radical (unpaired) electrons. The Labute approximate surface area is 91.8 Å². The van der Waals surface area contributed by atoms with Crippen LogP contribution in [-0.2, 0) is 4.74 Å². The molecule has 15 heavy (non-hydrogen) atoms. The van der Waals surface area contributed by atoms with Crippen LogP contribution in [0, 0.1) is 0 Å². The van der Waals surface area contributed by atoms with E-state index in [4.69, 9.17) is 11.6 Å². The normalized spacial score (nSPS) is 15.9. The van der Waals surface area contributed by atoms with Gasteiger partial charge in [0.25, 0.3) is 0 Å². The molecule has 1 aromatic heterocycles. The second-order valence-corrected chi connectivity index (χ2v) is 3.64. The molecule has 1 aromatic rings. The number of nitrogens with zero attached hydrogens (tertiary/aromatic N) is 2. The highest BCUT2D eigenvalue weighted by molar-refractivity contribution is 6.32. The summed E-state index contributed by atoms with van der Waals surface area (Å²) in [5.41, 5.74) is 0.863. The molecule has 1 N–H and O–H groups in total. The van der Waals surface area contributed by atoms with Gasteiger partial charge in [0.2, 0.25) is 0 Å². The number of ether oxygens (including phenoxy) is 1. The minimum atomic E-state index is -0.554. The molecule has 0 atom stereocenters. The smallest absolute Gasteiger partial charge is 0.359 e. The third-order valence-corrected chi connectivity index (χ3v) is 2.60. The minimum Gasteiger partial charge on any atom is -0.464 e. The van der Waals surface area contributed by atoms with Crippen LogP contribution in [0.5, 0.6) is 0 Å². The first-order chi connectivity index (χ1) is 7.22. The summed E-state index contributed by atoms with van der Waals surface area (Å²) in [5.74, 6) is -0.236. The molecule has 1 aliphatic rings. The molecular weight excluding hydrogens is 218 g/mol. The van der Waals surface area contributed by atoms with E-state index in [1.807, 2.05) is 0 Å². The lowest BCUT2D eigenvalue weighted by Gasteiger charge is -2.26. The Hall–Kier alpha value is -1.20. The van der Waals surface area contributed by atoms with Crippen molar-refractivity contribution in [3.63, 3.8) is 0 Å². The van der Waals surface area contributed by atoms with Gasteiger partial charge in [0.15, 0.2) is 10.8 Å². The van der Waals surface area contributed by atoms with Crippen LogP contribution in [0.4, 0.5) is 0 Å². The highest BCUT2D eigenvalue weighted by Crippen LogP contribution is 2.20. The molecule has 0 saturated carbocycles. The average molecular weight is 228 g/mol. The number of hydrogen-bond acceptors (Lipinski definition) is 5. The van der Waals surface area contributed by atoms with E-state index in [1.165, 1.54) is 7.11 Å². The Morgan fingerprint density at radius 1 is 1.67 bits per heavy atom. The lowest BCUT2D eigenvalue weighted by atomic mass is 10.00. The fourth-order valence-corrected chi connectivity index (χ4v) is 1.48. The van der Waals surface area contributed by atoms with E-state index in [0.29, 0.717) is 5.92 Å². The largest absolute Gasteiger partial charge is 0.464 e. The zero-order chi connectivity index (χ0) is 10.8. The average Bonchev–Trinajstić information content (AvgIpc) is 2.17. The highest BCUT2D eigenvalue weighted by Gasteiger charge is 2.23. The Kier molecular flexibility index (Phi) is 2.83. The third-order valence-electron chi connectivity index (χ3n) is 2.32. The fourth-order valence-electron chi connectivity index (χ4n) is 1.31. The summed E-state index contributed by atoms with van der Waals surface area (Å²) < 4.78 is 4.56. The van der Waals surface area contributed by atoms with Gasteiger partial charge in [0.1, 0.15) is 0 Å². The zero-order valence-corrected chi connectivity index (χ0v) is 8.91. The van der Waals surface area contributed by atoms with Crippen molar-refractivity contribution in [2.75, 3.05) is 20.2 Å². The predicted molar refractivity (Wildman–Crippen MR) is 54.0 cm³/mol. The molecule has 0 bridgehead atoms. The van der Waals surface area contributed by atoms with Gasteiger partial charge < -0.3 is 10.1 Å². The predicted octanol–water partition coefficient (Wildman–Crippen LogP) is 0.603. The van der Waals surface area contributed by atoms with Crippen LogP contribution in [0.15, 0.2) is 6.20 Å². The minimum absolute atomic E-state index is 0.0814. The van der Waals surface area contributed by atoms with Gasteiger partial charge in [0.05, 0.1) is 19.0 Å². The SMILES string of the molecule is COC(=O)c1nc(C2CNC2)cnc1Cl. The summed E-state index contributed by atoms with van der Waals surface area (Å²) in [6.45, 7) is 1.72. The van der Waals surface area contributed by atoms with Crippen molar-refractivity contribution in [1.29, 1.82) is 0 Å². The first-order valence-electron chi connectivity index (χ1n) is 4.54. The second-order valence-electron chi connectivity index (χ2n) is 3.28. The number of methoxy groups -OCH3 is 1. The Morgan fingerprint density at radius 3 is 2.93 bits per heavy atom. The number of esters is 1. The Morgan fingerprint density at radius 2 is 2.40 bits per heavy atom. The molecule has 0 spiro atoms. The molecule has 1 fully saturated rings. The molecule has 0 unspecified atom stereocenters. The van der Waals surface area contributed by atoms with Gasteiger partial charge >= 0.3 is 5.97 Å². The number of rotatable bonds is 2. The van der Waals surface area contributed by atoms with E-state index < -0.39 is 5.97 Å². The summed E-state index contributed by atoms with van der Waals surface area (Å²) in [6.07, 6.45) is 1.60. The summed E-state index contributed by atoms with van der Waals surface area (Å²) in [6, 6.07) is 0. The number of hydrogen-bond donors (Lipinski definition) is 1. The molecule has 0 aromatic carbocycles. The van der Waals surface area contributed by atoms with E-state index in [9.17, 15) is 4.79 Å². The first-order valence-corrected chi connectivity index (χ1v) is 4.91. The van der Waals surface area contributed by atoms with Crippen LogP contribution < -0.4 is 5.32 Å². The highest BCUT2D eigenvalue weighted by atomic mass is 35.5. The molecule has 2 rings (SSSR count). The number of carbonyl (C=O) groups is 1. The van der Waals surface area contributed by atoms with E-state index >= 15 is 0 Å². The van der Waals surface area contributed by atoms with Gasteiger partial charge in [-0.3, -0.25) is 0 Å². The summed E-state index contributed by atoms with van der Waals surface area (Å²) in [5, 5.41) is 3.20. The van der Waals surface area contributed by atoms with Gasteiger partial charge in [-0.1, -0.05) is 11.6 Å². The molecule has 0 amide bonds. The van der Waals surface area contributed by atoms with Crippen molar-refractivity contribution >= 4 is 17.6 Å². The van der Waals surface area contributed by atoms with Gasteiger partial charge in [-0.2, -0.15) is 0 Å². The lowest BCUT2D eigenvalue weighted by Crippen LogP contribution is -2.40. The Balaban J connectivity index is 2.31. The van der Waals surface area contributed by atoms with Gasteiger partial charge in [0, 0.05) is 19.0 Å². The van der Waals surface area contributed by atoms with Crippen LogP contribution in [0.1, 0.15) is 22.1 Å². The molecule has 1 saturated heterocycles. The lowest BCUT2D eigenvalue weighted by molar-refractivity contribution is 0.0593. The maximum Gasteiger partial charge on any atom is 0.359 e. The number of aromatic nitrogens is 2. The monoisotopic (exact) mass is 227 g/mol. The maximum atomic E-state index is 11.3. The Bertz CT molecular complexity index is 393. The molecule has 5 nitrogen and oxygen atoms in total. The fraction of sp³-hybridized carbons (Fsp3) is 0.444. The maximum absolute atomic E-state index is 11.3. The summed E-state index contributed by atoms with van der Waals surface area (Å²) in [7, 11) is 1.29. The van der Waals surface area contributed by atoms with Crippen LogP contribution in [0.3, 0.4) is 0 Å². The van der Waals surface area contributed by atoms with E-state index in [-0.39, 0.29) is 10.8 Å². The van der Waals surface area contributed by atoms with Gasteiger partial charge in [-0.05, 0) is 0 Å². The van der Waals surface area contributed by atoms with E-state index in [2.05, 4.69) is 20.0 Å². The molecule has 0 aliphatic carbocycles. The molecule has 6 heteroatoms. The molecular formula is C9H10ClN3O2. The van der Waals surface area contributed by atoms with Crippen molar-refractivity contribution in [3.8, 4) is 0 Å². The molecule has 1 aliphatic heterocycles. The van der Waals surface area contributed by atoms with Gasteiger partial charge in [-0.25, -0.2) is 14.8 Å². The number of carbonyl (C=O) groups excluding carboxylic acids is 1. The van der Waals surface area contributed by atoms with Crippen LogP contribution in [0.25, 0.3) is 0 Å². The number of halogens is 1. The van der Waals surface area contributed by atoms with Crippen LogP contribution in [0.2, 0.25) is 5.15 Å².